The first-order valence-corrected chi connectivity index (χ1v) is 6.48. The Kier molecular flexibility index (Phi) is 3.10. The van der Waals surface area contributed by atoms with E-state index in [9.17, 15) is 4.39 Å². The molecule has 2 aromatic rings. The van der Waals surface area contributed by atoms with E-state index < -0.39 is 0 Å². The fourth-order valence-electron chi connectivity index (χ4n) is 2.27. The van der Waals surface area contributed by atoms with Crippen molar-refractivity contribution in [3.05, 3.63) is 24.1 Å². The fraction of sp³-hybridized carbons (Fsp3) is 0.538. The molecule has 102 valence electrons. The number of aromatic nitrogens is 3. The molecule has 1 fully saturated rings. The zero-order chi connectivity index (χ0) is 13.3. The van der Waals surface area contributed by atoms with Gasteiger partial charge in [0.1, 0.15) is 5.82 Å². The molecule has 5 nitrogen and oxygen atoms in total. The largest absolute Gasteiger partial charge is 0.381 e. The van der Waals surface area contributed by atoms with Crippen molar-refractivity contribution in [1.29, 1.82) is 0 Å². The Labute approximate surface area is 110 Å². The van der Waals surface area contributed by atoms with E-state index in [2.05, 4.69) is 22.3 Å². The molecule has 0 radical (unpaired) electrons. The maximum Gasteiger partial charge on any atom is 0.243 e. The molecule has 2 aromatic heterocycles. The van der Waals surface area contributed by atoms with Gasteiger partial charge in [-0.15, -0.1) is 5.10 Å². The maximum atomic E-state index is 13.1. The van der Waals surface area contributed by atoms with Crippen LogP contribution >= 0.6 is 0 Å². The molecule has 6 heteroatoms. The molecule has 0 aromatic carbocycles. The summed E-state index contributed by atoms with van der Waals surface area (Å²) in [4.78, 5) is 4.31. The van der Waals surface area contributed by atoms with Crippen molar-refractivity contribution < 1.29 is 9.13 Å². The number of nitrogens with one attached hydrogen (secondary N) is 1. The molecule has 0 aliphatic carbocycles. The number of fused-ring (bicyclic) bond motifs is 1. The average molecular weight is 264 g/mol. The lowest BCUT2D eigenvalue weighted by Crippen LogP contribution is -2.33. The zero-order valence-corrected chi connectivity index (χ0v) is 10.9. The molecule has 3 heterocycles. The fourth-order valence-corrected chi connectivity index (χ4v) is 2.27. The number of nitrogens with zero attached hydrogens (tertiary/aromatic N) is 3. The molecule has 0 atom stereocenters. The normalized spacial score (nSPS) is 18.6. The lowest BCUT2D eigenvalue weighted by Gasteiger charge is -2.33. The first-order chi connectivity index (χ1) is 9.15. The molecule has 0 saturated carbocycles. The highest BCUT2D eigenvalue weighted by atomic mass is 19.1. The van der Waals surface area contributed by atoms with Crippen LogP contribution in [0.5, 0.6) is 0 Å². The van der Waals surface area contributed by atoms with Crippen LogP contribution in [0.1, 0.15) is 19.8 Å². The molecule has 1 aliphatic heterocycles. The highest BCUT2D eigenvalue weighted by Gasteiger charge is 2.27. The second-order valence-electron chi connectivity index (χ2n) is 5.36. The van der Waals surface area contributed by atoms with Crippen LogP contribution < -0.4 is 5.32 Å². The van der Waals surface area contributed by atoms with Crippen LogP contribution in [0.15, 0.2) is 18.3 Å². The lowest BCUT2D eigenvalue weighted by molar-refractivity contribution is 0.0299. The van der Waals surface area contributed by atoms with Crippen LogP contribution in [0.3, 0.4) is 0 Å². The smallest absolute Gasteiger partial charge is 0.243 e. The predicted molar refractivity (Wildman–Crippen MR) is 69.6 cm³/mol. The standard InChI is InChI=1S/C13H17FN4O/c1-13(4-6-19-7-5-13)9-15-12-16-11-3-2-10(14)8-18(11)17-12/h2-3,8H,4-7,9H2,1H3,(H,15,17). The van der Waals surface area contributed by atoms with Gasteiger partial charge >= 0.3 is 0 Å². The molecule has 1 N–H and O–H groups in total. The van der Waals surface area contributed by atoms with Gasteiger partial charge < -0.3 is 10.1 Å². The van der Waals surface area contributed by atoms with Crippen molar-refractivity contribution in [2.24, 2.45) is 5.41 Å². The van der Waals surface area contributed by atoms with Gasteiger partial charge in [-0.25, -0.2) is 8.91 Å². The van der Waals surface area contributed by atoms with Gasteiger partial charge in [-0.3, -0.25) is 0 Å². The van der Waals surface area contributed by atoms with Crippen LogP contribution in [0.25, 0.3) is 5.65 Å². The number of rotatable bonds is 3. The second-order valence-corrected chi connectivity index (χ2v) is 5.36. The van der Waals surface area contributed by atoms with Gasteiger partial charge in [0.15, 0.2) is 5.65 Å². The van der Waals surface area contributed by atoms with Crippen molar-refractivity contribution in [3.8, 4) is 0 Å². The first kappa shape index (κ1) is 12.3. The minimum Gasteiger partial charge on any atom is -0.381 e. The van der Waals surface area contributed by atoms with E-state index in [1.165, 1.54) is 16.8 Å². The van der Waals surface area contributed by atoms with E-state index in [0.29, 0.717) is 11.6 Å². The third-order valence-corrected chi connectivity index (χ3v) is 3.67. The summed E-state index contributed by atoms with van der Waals surface area (Å²) in [5.74, 6) is 0.221. The lowest BCUT2D eigenvalue weighted by atomic mass is 9.82. The van der Waals surface area contributed by atoms with Crippen LogP contribution in [0.2, 0.25) is 0 Å². The molecule has 1 saturated heterocycles. The Bertz CT molecular complexity index is 577. The van der Waals surface area contributed by atoms with Gasteiger partial charge in [0.25, 0.3) is 0 Å². The summed E-state index contributed by atoms with van der Waals surface area (Å²) in [7, 11) is 0. The number of hydrogen-bond donors (Lipinski definition) is 1. The summed E-state index contributed by atoms with van der Waals surface area (Å²) in [5.41, 5.74) is 0.849. The number of anilines is 1. The first-order valence-electron chi connectivity index (χ1n) is 6.48. The topological polar surface area (TPSA) is 51.5 Å². The molecule has 0 spiro atoms. The molecule has 0 bridgehead atoms. The van der Waals surface area contributed by atoms with Gasteiger partial charge in [-0.1, -0.05) is 6.92 Å². The average Bonchev–Trinajstić information content (AvgIpc) is 2.79. The van der Waals surface area contributed by atoms with Crippen molar-refractivity contribution in [2.75, 3.05) is 25.1 Å². The molecule has 0 amide bonds. The number of pyridine rings is 1. The number of halogens is 1. The van der Waals surface area contributed by atoms with Crippen LogP contribution in [-0.4, -0.2) is 34.4 Å². The number of ether oxygens (including phenoxy) is 1. The van der Waals surface area contributed by atoms with Gasteiger partial charge in [-0.2, -0.15) is 4.98 Å². The summed E-state index contributed by atoms with van der Waals surface area (Å²) >= 11 is 0. The minimum atomic E-state index is -0.319. The number of hydrogen-bond acceptors (Lipinski definition) is 4. The molecule has 1 aliphatic rings. The summed E-state index contributed by atoms with van der Waals surface area (Å²) in [6.45, 7) is 4.65. The second kappa shape index (κ2) is 4.77. The minimum absolute atomic E-state index is 0.209. The maximum absolute atomic E-state index is 13.1. The Hall–Kier alpha value is -1.69. The quantitative estimate of drug-likeness (QED) is 0.922. The van der Waals surface area contributed by atoms with Gasteiger partial charge in [0, 0.05) is 19.8 Å². The predicted octanol–water partition coefficient (Wildman–Crippen LogP) is 2.10. The van der Waals surface area contributed by atoms with Crippen molar-refractivity contribution >= 4 is 11.6 Å². The van der Waals surface area contributed by atoms with E-state index in [1.54, 1.807) is 6.07 Å². The molecular weight excluding hydrogens is 247 g/mol. The summed E-state index contributed by atoms with van der Waals surface area (Å²) < 4.78 is 19.9. The van der Waals surface area contributed by atoms with Gasteiger partial charge in [-0.05, 0) is 30.4 Å². The van der Waals surface area contributed by atoms with Crippen LogP contribution in [-0.2, 0) is 4.74 Å². The Morgan fingerprint density at radius 1 is 1.42 bits per heavy atom. The highest BCUT2D eigenvalue weighted by Crippen LogP contribution is 2.29. The summed E-state index contributed by atoms with van der Waals surface area (Å²) in [6, 6.07) is 3.00. The van der Waals surface area contributed by atoms with E-state index in [1.807, 2.05) is 0 Å². The van der Waals surface area contributed by atoms with Crippen LogP contribution in [0.4, 0.5) is 10.3 Å². The van der Waals surface area contributed by atoms with E-state index >= 15 is 0 Å². The van der Waals surface area contributed by atoms with Gasteiger partial charge in [0.2, 0.25) is 5.95 Å². The zero-order valence-electron chi connectivity index (χ0n) is 10.9. The van der Waals surface area contributed by atoms with E-state index in [0.717, 1.165) is 32.6 Å². The van der Waals surface area contributed by atoms with Crippen molar-refractivity contribution in [1.82, 2.24) is 14.6 Å². The highest BCUT2D eigenvalue weighted by molar-refractivity contribution is 5.43. The van der Waals surface area contributed by atoms with E-state index in [-0.39, 0.29) is 11.2 Å². The molecular formula is C13H17FN4O. The third kappa shape index (κ3) is 2.68. The van der Waals surface area contributed by atoms with E-state index in [4.69, 9.17) is 4.74 Å². The summed E-state index contributed by atoms with van der Waals surface area (Å²) in [6.07, 6.45) is 3.38. The SMILES string of the molecule is CC1(CNc2nc3ccc(F)cn3n2)CCOCC1. The molecule has 0 unspecified atom stereocenters. The Morgan fingerprint density at radius 2 is 2.21 bits per heavy atom. The van der Waals surface area contributed by atoms with Crippen molar-refractivity contribution in [2.45, 2.75) is 19.8 Å². The summed E-state index contributed by atoms with van der Waals surface area (Å²) in [5, 5.41) is 7.45. The molecule has 3 rings (SSSR count). The van der Waals surface area contributed by atoms with Crippen LogP contribution in [0, 0.1) is 11.2 Å². The van der Waals surface area contributed by atoms with Crippen molar-refractivity contribution in [3.63, 3.8) is 0 Å². The Morgan fingerprint density at radius 3 is 3.00 bits per heavy atom. The monoisotopic (exact) mass is 264 g/mol. The molecule has 19 heavy (non-hydrogen) atoms. The van der Waals surface area contributed by atoms with Gasteiger partial charge in [0.05, 0.1) is 6.20 Å². The third-order valence-electron chi connectivity index (χ3n) is 3.67. The Balaban J connectivity index is 1.71.